The van der Waals surface area contributed by atoms with Crippen molar-refractivity contribution in [3.8, 4) is 5.75 Å². The molecule has 3 N–H and O–H groups in total. The molecule has 116 valence electrons. The second kappa shape index (κ2) is 7.73. The standard InChI is InChI=1S/C14H19ClN2O4/c1-8(2)6-12(13(18)19)17-14(20)16-11-7-9(21-3)4-5-10(11)15/h4-5,7-8,12H,6H2,1-3H3,(H,18,19)(H2,16,17,20)/t12-/m1/s1. The first-order chi connectivity index (χ1) is 9.83. The Balaban J connectivity index is 2.74. The minimum Gasteiger partial charge on any atom is -0.497 e. The van der Waals surface area contributed by atoms with Gasteiger partial charge in [-0.3, -0.25) is 0 Å². The van der Waals surface area contributed by atoms with E-state index in [2.05, 4.69) is 10.6 Å². The highest BCUT2D eigenvalue weighted by atomic mass is 35.5. The number of nitrogens with one attached hydrogen (secondary N) is 2. The van der Waals surface area contributed by atoms with E-state index >= 15 is 0 Å². The molecule has 0 aliphatic rings. The van der Waals surface area contributed by atoms with Crippen molar-refractivity contribution < 1.29 is 19.4 Å². The van der Waals surface area contributed by atoms with Crippen LogP contribution >= 0.6 is 11.6 Å². The fourth-order valence-electron chi connectivity index (χ4n) is 1.74. The van der Waals surface area contributed by atoms with Crippen LogP contribution < -0.4 is 15.4 Å². The molecule has 6 nitrogen and oxygen atoms in total. The zero-order valence-corrected chi connectivity index (χ0v) is 12.9. The number of hydrogen-bond acceptors (Lipinski definition) is 3. The zero-order chi connectivity index (χ0) is 16.0. The lowest BCUT2D eigenvalue weighted by atomic mass is 10.0. The molecule has 0 aliphatic carbocycles. The Morgan fingerprint density at radius 1 is 1.38 bits per heavy atom. The van der Waals surface area contributed by atoms with Gasteiger partial charge in [0.05, 0.1) is 17.8 Å². The zero-order valence-electron chi connectivity index (χ0n) is 12.1. The first-order valence-electron chi connectivity index (χ1n) is 6.47. The van der Waals surface area contributed by atoms with Crippen molar-refractivity contribution in [3.63, 3.8) is 0 Å². The molecule has 0 saturated carbocycles. The quantitative estimate of drug-likeness (QED) is 0.753. The van der Waals surface area contributed by atoms with Crippen molar-refractivity contribution in [1.82, 2.24) is 5.32 Å². The summed E-state index contributed by atoms with van der Waals surface area (Å²) >= 11 is 5.97. The molecule has 1 atom stereocenters. The molecule has 0 fully saturated rings. The summed E-state index contributed by atoms with van der Waals surface area (Å²) in [5.74, 6) is -0.394. The molecule has 7 heteroatoms. The number of carboxylic acids is 1. The molecule has 21 heavy (non-hydrogen) atoms. The Kier molecular flexibility index (Phi) is 6.30. The van der Waals surface area contributed by atoms with E-state index in [-0.39, 0.29) is 5.92 Å². The number of rotatable bonds is 6. The van der Waals surface area contributed by atoms with Gasteiger partial charge in [-0.25, -0.2) is 9.59 Å². The van der Waals surface area contributed by atoms with Gasteiger partial charge >= 0.3 is 12.0 Å². The number of carbonyl (C=O) groups excluding carboxylic acids is 1. The van der Waals surface area contributed by atoms with Gasteiger partial charge in [-0.15, -0.1) is 0 Å². The predicted octanol–water partition coefficient (Wildman–Crippen LogP) is 2.97. The number of hydrogen-bond donors (Lipinski definition) is 3. The van der Waals surface area contributed by atoms with E-state index in [1.807, 2.05) is 13.8 Å². The summed E-state index contributed by atoms with van der Waals surface area (Å²) in [6, 6.07) is 3.22. The Morgan fingerprint density at radius 2 is 2.05 bits per heavy atom. The predicted molar refractivity (Wildman–Crippen MR) is 81.0 cm³/mol. The number of carbonyl (C=O) groups is 2. The van der Waals surface area contributed by atoms with Crippen LogP contribution in [-0.4, -0.2) is 30.3 Å². The molecule has 0 aromatic heterocycles. The highest BCUT2D eigenvalue weighted by Gasteiger charge is 2.21. The summed E-state index contributed by atoms with van der Waals surface area (Å²) in [5, 5.41) is 14.4. The third kappa shape index (κ3) is 5.51. The number of amides is 2. The molecule has 1 aromatic carbocycles. The maximum atomic E-state index is 11.9. The summed E-state index contributed by atoms with van der Waals surface area (Å²) in [6.45, 7) is 3.77. The Morgan fingerprint density at radius 3 is 2.57 bits per heavy atom. The maximum Gasteiger partial charge on any atom is 0.326 e. The van der Waals surface area contributed by atoms with Gasteiger partial charge in [0.15, 0.2) is 0 Å². The van der Waals surface area contributed by atoms with Gasteiger partial charge in [0.25, 0.3) is 0 Å². The Hall–Kier alpha value is -1.95. The largest absolute Gasteiger partial charge is 0.497 e. The van der Waals surface area contributed by atoms with Crippen LogP contribution in [0.15, 0.2) is 18.2 Å². The first kappa shape index (κ1) is 17.1. The van der Waals surface area contributed by atoms with Gasteiger partial charge in [0.1, 0.15) is 11.8 Å². The second-order valence-electron chi connectivity index (χ2n) is 4.96. The lowest BCUT2D eigenvalue weighted by Gasteiger charge is -2.17. The summed E-state index contributed by atoms with van der Waals surface area (Å²) < 4.78 is 5.04. The van der Waals surface area contributed by atoms with E-state index in [0.717, 1.165) is 0 Å². The Labute approximate surface area is 128 Å². The number of anilines is 1. The molecular formula is C14H19ClN2O4. The van der Waals surface area contributed by atoms with Crippen LogP contribution in [0, 0.1) is 5.92 Å². The lowest BCUT2D eigenvalue weighted by Crippen LogP contribution is -2.43. The van der Waals surface area contributed by atoms with Gasteiger partial charge in [-0.2, -0.15) is 0 Å². The van der Waals surface area contributed by atoms with Crippen LogP contribution in [-0.2, 0) is 4.79 Å². The summed E-state index contributed by atoms with van der Waals surface area (Å²) in [6.07, 6.45) is 0.342. The van der Waals surface area contributed by atoms with E-state index in [9.17, 15) is 9.59 Å². The van der Waals surface area contributed by atoms with Crippen molar-refractivity contribution in [1.29, 1.82) is 0 Å². The number of methoxy groups -OCH3 is 1. The first-order valence-corrected chi connectivity index (χ1v) is 6.85. The van der Waals surface area contributed by atoms with Crippen molar-refractivity contribution in [3.05, 3.63) is 23.2 Å². The normalized spacial score (nSPS) is 11.9. The number of halogens is 1. The highest BCUT2D eigenvalue weighted by Crippen LogP contribution is 2.26. The Bertz CT molecular complexity index is 520. The molecule has 0 heterocycles. The summed E-state index contributed by atoms with van der Waals surface area (Å²) in [4.78, 5) is 23.0. The van der Waals surface area contributed by atoms with Crippen molar-refractivity contribution in [2.24, 2.45) is 5.92 Å². The van der Waals surface area contributed by atoms with E-state index in [4.69, 9.17) is 21.4 Å². The van der Waals surface area contributed by atoms with Gasteiger partial charge in [0.2, 0.25) is 0 Å². The van der Waals surface area contributed by atoms with Crippen LogP contribution in [0.3, 0.4) is 0 Å². The average Bonchev–Trinajstić information content (AvgIpc) is 2.39. The van der Waals surface area contributed by atoms with Crippen molar-refractivity contribution >= 4 is 29.3 Å². The molecule has 2 amide bonds. The third-order valence-electron chi connectivity index (χ3n) is 2.73. The SMILES string of the molecule is COc1ccc(Cl)c(NC(=O)N[C@H](CC(C)C)C(=O)O)c1. The van der Waals surface area contributed by atoms with E-state index in [0.29, 0.717) is 22.9 Å². The number of benzene rings is 1. The smallest absolute Gasteiger partial charge is 0.326 e. The van der Waals surface area contributed by atoms with Crippen LogP contribution in [0.5, 0.6) is 5.75 Å². The number of aliphatic carboxylic acids is 1. The van der Waals surface area contributed by atoms with E-state index in [1.165, 1.54) is 7.11 Å². The fourth-order valence-corrected chi connectivity index (χ4v) is 1.90. The monoisotopic (exact) mass is 314 g/mol. The number of urea groups is 1. The van der Waals surface area contributed by atoms with Gasteiger partial charge in [0, 0.05) is 6.07 Å². The maximum absolute atomic E-state index is 11.9. The van der Waals surface area contributed by atoms with Crippen molar-refractivity contribution in [2.45, 2.75) is 26.3 Å². The molecule has 0 saturated heterocycles. The topological polar surface area (TPSA) is 87.7 Å². The fraction of sp³-hybridized carbons (Fsp3) is 0.429. The van der Waals surface area contributed by atoms with Gasteiger partial charge in [-0.1, -0.05) is 25.4 Å². The number of carboxylic acid groups (broad SMARTS) is 1. The molecule has 0 radical (unpaired) electrons. The van der Waals surface area contributed by atoms with E-state index < -0.39 is 18.0 Å². The summed E-state index contributed by atoms with van der Waals surface area (Å²) in [5.41, 5.74) is 0.349. The average molecular weight is 315 g/mol. The van der Waals surface area contributed by atoms with E-state index in [1.54, 1.807) is 18.2 Å². The molecule has 0 spiro atoms. The molecular weight excluding hydrogens is 296 g/mol. The molecule has 1 rings (SSSR count). The van der Waals surface area contributed by atoms with Crippen LogP contribution in [0.1, 0.15) is 20.3 Å². The van der Waals surface area contributed by atoms with Gasteiger partial charge < -0.3 is 20.5 Å². The molecule has 0 aliphatic heterocycles. The molecule has 0 bridgehead atoms. The minimum atomic E-state index is -1.07. The van der Waals surface area contributed by atoms with Crippen LogP contribution in [0.25, 0.3) is 0 Å². The van der Waals surface area contributed by atoms with Crippen LogP contribution in [0.2, 0.25) is 5.02 Å². The highest BCUT2D eigenvalue weighted by molar-refractivity contribution is 6.33. The molecule has 0 unspecified atom stereocenters. The lowest BCUT2D eigenvalue weighted by molar-refractivity contribution is -0.139. The van der Waals surface area contributed by atoms with Gasteiger partial charge in [-0.05, 0) is 24.5 Å². The van der Waals surface area contributed by atoms with Crippen molar-refractivity contribution in [2.75, 3.05) is 12.4 Å². The van der Waals surface area contributed by atoms with Crippen LogP contribution in [0.4, 0.5) is 10.5 Å². The second-order valence-corrected chi connectivity index (χ2v) is 5.37. The molecule has 1 aromatic rings. The minimum absolute atomic E-state index is 0.145. The number of ether oxygens (including phenoxy) is 1. The third-order valence-corrected chi connectivity index (χ3v) is 3.06. The summed E-state index contributed by atoms with van der Waals surface area (Å²) in [7, 11) is 1.50.